The van der Waals surface area contributed by atoms with Crippen molar-refractivity contribution in [1.29, 1.82) is 0 Å². The molecule has 0 unspecified atom stereocenters. The highest BCUT2D eigenvalue weighted by Crippen LogP contribution is 2.22. The van der Waals surface area contributed by atoms with Crippen LogP contribution in [0.4, 0.5) is 5.69 Å². The third-order valence-corrected chi connectivity index (χ3v) is 4.15. The molecule has 1 aromatic heterocycles. The van der Waals surface area contributed by atoms with Crippen LogP contribution in [0.5, 0.6) is 0 Å². The van der Waals surface area contributed by atoms with Gasteiger partial charge in [0.1, 0.15) is 11.8 Å². The first-order valence-corrected chi connectivity index (χ1v) is 8.88. The van der Waals surface area contributed by atoms with Gasteiger partial charge in [-0.15, -0.1) is 0 Å². The Balaban J connectivity index is 2.19. The highest BCUT2D eigenvalue weighted by atomic mass is 16.3. The third-order valence-electron chi connectivity index (χ3n) is 4.15. The molecule has 0 saturated carbocycles. The van der Waals surface area contributed by atoms with Crippen LogP contribution in [0.2, 0.25) is 0 Å². The minimum Gasteiger partial charge on any atom is -0.469 e. The Bertz CT molecular complexity index is 842. The summed E-state index contributed by atoms with van der Waals surface area (Å²) in [7, 11) is 0. The number of carbonyl (C=O) groups excluding carboxylic acids is 3. The van der Waals surface area contributed by atoms with Crippen LogP contribution in [-0.4, -0.2) is 30.3 Å². The lowest BCUT2D eigenvalue weighted by Gasteiger charge is -2.17. The summed E-state index contributed by atoms with van der Waals surface area (Å²) in [5.41, 5.74) is 1.83. The number of nitrogens with one attached hydrogen (secondary N) is 3. The molecular formula is C20H25N3O4. The van der Waals surface area contributed by atoms with Crippen LogP contribution in [0.3, 0.4) is 0 Å². The number of aryl methyl sites for hydroxylation is 2. The highest BCUT2D eigenvalue weighted by Gasteiger charge is 2.21. The van der Waals surface area contributed by atoms with Crippen molar-refractivity contribution in [3.05, 3.63) is 53.0 Å². The van der Waals surface area contributed by atoms with Crippen molar-refractivity contribution < 1.29 is 18.8 Å². The lowest BCUT2D eigenvalue weighted by atomic mass is 10.1. The van der Waals surface area contributed by atoms with E-state index in [-0.39, 0.29) is 11.8 Å². The lowest BCUT2D eigenvalue weighted by molar-refractivity contribution is -0.122. The van der Waals surface area contributed by atoms with E-state index in [1.54, 1.807) is 45.0 Å². The number of benzene rings is 1. The van der Waals surface area contributed by atoms with E-state index >= 15 is 0 Å². The van der Waals surface area contributed by atoms with Crippen molar-refractivity contribution in [2.24, 2.45) is 0 Å². The molecule has 7 nitrogen and oxygen atoms in total. The second kappa shape index (κ2) is 9.02. The van der Waals surface area contributed by atoms with Gasteiger partial charge in [0.05, 0.1) is 23.1 Å². The molecule has 144 valence electrons. The summed E-state index contributed by atoms with van der Waals surface area (Å²) >= 11 is 0. The molecule has 0 aliphatic heterocycles. The summed E-state index contributed by atoms with van der Waals surface area (Å²) in [5.74, 6) is -0.554. The van der Waals surface area contributed by atoms with Gasteiger partial charge in [-0.25, -0.2) is 0 Å². The van der Waals surface area contributed by atoms with Gasteiger partial charge >= 0.3 is 0 Å². The molecule has 3 amide bonds. The van der Waals surface area contributed by atoms with Crippen molar-refractivity contribution in [2.75, 3.05) is 11.9 Å². The molecule has 27 heavy (non-hydrogen) atoms. The number of carbonyl (C=O) groups is 3. The van der Waals surface area contributed by atoms with Crippen molar-refractivity contribution in [2.45, 2.75) is 40.2 Å². The van der Waals surface area contributed by atoms with Gasteiger partial charge in [0.15, 0.2) is 0 Å². The van der Waals surface area contributed by atoms with Crippen LogP contribution in [0.1, 0.15) is 52.3 Å². The van der Waals surface area contributed by atoms with Crippen LogP contribution in [0.25, 0.3) is 0 Å². The minimum atomic E-state index is -0.691. The van der Waals surface area contributed by atoms with Gasteiger partial charge in [-0.05, 0) is 44.9 Å². The largest absolute Gasteiger partial charge is 0.469 e. The molecule has 0 spiro atoms. The van der Waals surface area contributed by atoms with Gasteiger partial charge in [-0.3, -0.25) is 14.4 Å². The molecule has 0 aliphatic rings. The van der Waals surface area contributed by atoms with E-state index in [9.17, 15) is 14.4 Å². The fourth-order valence-corrected chi connectivity index (χ4v) is 2.57. The van der Waals surface area contributed by atoms with E-state index in [0.717, 1.165) is 12.0 Å². The smallest absolute Gasteiger partial charge is 0.259 e. The number of para-hydroxylation sites is 1. The summed E-state index contributed by atoms with van der Waals surface area (Å²) in [6, 6.07) is 6.01. The Morgan fingerprint density at radius 2 is 1.81 bits per heavy atom. The van der Waals surface area contributed by atoms with Crippen LogP contribution in [0.15, 0.2) is 34.9 Å². The molecule has 0 bridgehead atoms. The van der Waals surface area contributed by atoms with E-state index in [1.807, 2.05) is 6.92 Å². The average molecular weight is 371 g/mol. The summed E-state index contributed by atoms with van der Waals surface area (Å²) in [6.07, 6.45) is 2.25. The molecule has 1 heterocycles. The summed E-state index contributed by atoms with van der Waals surface area (Å²) in [4.78, 5) is 37.2. The molecule has 2 rings (SSSR count). The standard InChI is InChI=1S/C20H25N3O4/c1-5-10-21-18(24)13(3)22-20(26)16-8-6-7-12(2)17(16)23-19(25)15-9-11-27-14(15)4/h6-9,11,13H,5,10H2,1-4H3,(H,21,24)(H,22,26)(H,23,25)/t13-/m1/s1. The lowest BCUT2D eigenvalue weighted by Crippen LogP contribution is -2.45. The van der Waals surface area contributed by atoms with Gasteiger partial charge in [0, 0.05) is 6.54 Å². The average Bonchev–Trinajstić information content (AvgIpc) is 3.07. The number of hydrogen-bond donors (Lipinski definition) is 3. The van der Waals surface area contributed by atoms with Crippen LogP contribution >= 0.6 is 0 Å². The maximum Gasteiger partial charge on any atom is 0.259 e. The van der Waals surface area contributed by atoms with Gasteiger partial charge < -0.3 is 20.4 Å². The zero-order chi connectivity index (χ0) is 20.0. The second-order valence-corrected chi connectivity index (χ2v) is 6.33. The molecule has 1 aromatic carbocycles. The van der Waals surface area contributed by atoms with E-state index in [4.69, 9.17) is 4.42 Å². The quantitative estimate of drug-likeness (QED) is 0.697. The predicted molar refractivity (Wildman–Crippen MR) is 103 cm³/mol. The Labute approximate surface area is 158 Å². The highest BCUT2D eigenvalue weighted by molar-refractivity contribution is 6.10. The molecule has 2 aromatic rings. The molecule has 0 saturated heterocycles. The van der Waals surface area contributed by atoms with Gasteiger partial charge in [-0.2, -0.15) is 0 Å². The van der Waals surface area contributed by atoms with Gasteiger partial charge in [0.2, 0.25) is 5.91 Å². The third kappa shape index (κ3) is 4.97. The normalized spacial score (nSPS) is 11.6. The zero-order valence-corrected chi connectivity index (χ0v) is 16.0. The van der Waals surface area contributed by atoms with E-state index < -0.39 is 11.9 Å². The van der Waals surface area contributed by atoms with Crippen LogP contribution in [0, 0.1) is 13.8 Å². The number of rotatable bonds is 7. The maximum absolute atomic E-state index is 12.7. The number of amides is 3. The van der Waals surface area contributed by atoms with Crippen molar-refractivity contribution in [1.82, 2.24) is 10.6 Å². The molecule has 0 aliphatic carbocycles. The first kappa shape index (κ1) is 20.2. The minimum absolute atomic E-state index is 0.252. The molecule has 1 atom stereocenters. The van der Waals surface area contributed by atoms with Gasteiger partial charge in [-0.1, -0.05) is 19.1 Å². The molecule has 0 fully saturated rings. The van der Waals surface area contributed by atoms with E-state index in [0.29, 0.717) is 29.1 Å². The Hall–Kier alpha value is -3.09. The Morgan fingerprint density at radius 1 is 1.07 bits per heavy atom. The number of furan rings is 1. The zero-order valence-electron chi connectivity index (χ0n) is 16.0. The first-order chi connectivity index (χ1) is 12.8. The van der Waals surface area contributed by atoms with Crippen molar-refractivity contribution >= 4 is 23.4 Å². The van der Waals surface area contributed by atoms with Crippen molar-refractivity contribution in [3.8, 4) is 0 Å². The van der Waals surface area contributed by atoms with Crippen LogP contribution in [-0.2, 0) is 4.79 Å². The predicted octanol–water partition coefficient (Wildman–Crippen LogP) is 2.79. The summed E-state index contributed by atoms with van der Waals surface area (Å²) < 4.78 is 5.16. The summed E-state index contributed by atoms with van der Waals surface area (Å²) in [5, 5.41) is 8.19. The molecule has 3 N–H and O–H groups in total. The van der Waals surface area contributed by atoms with E-state index in [1.165, 1.54) is 6.26 Å². The fourth-order valence-electron chi connectivity index (χ4n) is 2.57. The number of hydrogen-bond acceptors (Lipinski definition) is 4. The molecular weight excluding hydrogens is 346 g/mol. The SMILES string of the molecule is CCCNC(=O)[C@@H](C)NC(=O)c1cccc(C)c1NC(=O)c1ccoc1C. The Morgan fingerprint density at radius 3 is 2.44 bits per heavy atom. The topological polar surface area (TPSA) is 100 Å². The van der Waals surface area contributed by atoms with Crippen molar-refractivity contribution in [3.63, 3.8) is 0 Å². The van der Waals surface area contributed by atoms with Crippen LogP contribution < -0.4 is 16.0 Å². The fraction of sp³-hybridized carbons (Fsp3) is 0.350. The van der Waals surface area contributed by atoms with E-state index in [2.05, 4.69) is 16.0 Å². The molecule has 7 heteroatoms. The second-order valence-electron chi connectivity index (χ2n) is 6.33. The van der Waals surface area contributed by atoms with Gasteiger partial charge in [0.25, 0.3) is 11.8 Å². The monoisotopic (exact) mass is 371 g/mol. The maximum atomic E-state index is 12.7. The molecule has 0 radical (unpaired) electrons. The number of anilines is 1. The first-order valence-electron chi connectivity index (χ1n) is 8.88. The summed E-state index contributed by atoms with van der Waals surface area (Å²) in [6.45, 7) is 7.61. The Kier molecular flexibility index (Phi) is 6.76.